The Morgan fingerprint density at radius 1 is 1.04 bits per heavy atom. The van der Waals surface area contributed by atoms with E-state index < -0.39 is 8.32 Å². The zero-order chi connectivity index (χ0) is 18.9. The van der Waals surface area contributed by atoms with Gasteiger partial charge in [0.15, 0.2) is 0 Å². The Balaban J connectivity index is 1.70. The summed E-state index contributed by atoms with van der Waals surface area (Å²) in [5, 5.41) is 3.64. The summed E-state index contributed by atoms with van der Waals surface area (Å²) in [5.74, 6) is 1.87. The van der Waals surface area contributed by atoms with Gasteiger partial charge in [-0.05, 0) is 54.5 Å². The first-order valence-corrected chi connectivity index (χ1v) is 12.1. The van der Waals surface area contributed by atoms with E-state index in [1.165, 1.54) is 0 Å². The van der Waals surface area contributed by atoms with Crippen LogP contribution in [0.5, 0.6) is 11.5 Å². The zero-order valence-corrected chi connectivity index (χ0v) is 17.7. The molecule has 0 bridgehead atoms. The van der Waals surface area contributed by atoms with Gasteiger partial charge >= 0.3 is 0 Å². The van der Waals surface area contributed by atoms with Crippen molar-refractivity contribution in [2.75, 3.05) is 30.4 Å². The lowest BCUT2D eigenvalue weighted by Gasteiger charge is -2.36. The average Bonchev–Trinajstić information content (AvgIpc) is 2.55. The van der Waals surface area contributed by atoms with Gasteiger partial charge in [0.2, 0.25) is 8.32 Å². The molecule has 2 aromatic rings. The van der Waals surface area contributed by atoms with E-state index in [-0.39, 0.29) is 5.04 Å². The highest BCUT2D eigenvalue weighted by molar-refractivity contribution is 6.74. The Morgan fingerprint density at radius 3 is 2.35 bits per heavy atom. The maximum absolute atomic E-state index is 6.34. The summed E-state index contributed by atoms with van der Waals surface area (Å²) in [5.41, 5.74) is 3.20. The standard InChI is InChI=1S/C21H30N2O2Si/c1-21(2,3)26(5,6)25-18-10-7-16(8-11-18)22-17-9-12-19-20(15-17)24-14-13-23(19)4/h7-12,15,22H,13-14H2,1-6H3. The second-order valence-corrected chi connectivity index (χ2v) is 13.2. The van der Waals surface area contributed by atoms with Crippen molar-refractivity contribution in [3.05, 3.63) is 42.5 Å². The molecule has 3 rings (SSSR count). The van der Waals surface area contributed by atoms with Gasteiger partial charge in [-0.15, -0.1) is 0 Å². The SMILES string of the molecule is CN1CCOc2cc(Nc3ccc(O[Si](C)(C)C(C)(C)C)cc3)ccc21. The predicted octanol–water partition coefficient (Wildman–Crippen LogP) is 5.64. The van der Waals surface area contributed by atoms with Gasteiger partial charge in [0.05, 0.1) is 12.2 Å². The molecule has 140 valence electrons. The van der Waals surface area contributed by atoms with Crippen LogP contribution >= 0.6 is 0 Å². The third kappa shape index (κ3) is 3.98. The summed E-state index contributed by atoms with van der Waals surface area (Å²) in [6.07, 6.45) is 0. The van der Waals surface area contributed by atoms with E-state index in [9.17, 15) is 0 Å². The summed E-state index contributed by atoms with van der Waals surface area (Å²) >= 11 is 0. The van der Waals surface area contributed by atoms with E-state index in [0.29, 0.717) is 0 Å². The molecule has 0 radical (unpaired) electrons. The summed E-state index contributed by atoms with van der Waals surface area (Å²) in [7, 11) is 0.291. The third-order valence-corrected chi connectivity index (χ3v) is 9.74. The van der Waals surface area contributed by atoms with Gasteiger partial charge in [0, 0.05) is 24.5 Å². The molecule has 0 amide bonds. The first-order valence-electron chi connectivity index (χ1n) is 9.20. The maximum atomic E-state index is 6.34. The summed E-state index contributed by atoms with van der Waals surface area (Å²) in [4.78, 5) is 2.22. The fourth-order valence-corrected chi connectivity index (χ4v) is 3.69. The van der Waals surface area contributed by atoms with E-state index in [4.69, 9.17) is 9.16 Å². The Morgan fingerprint density at radius 2 is 1.69 bits per heavy atom. The molecule has 1 N–H and O–H groups in total. The molecule has 0 saturated heterocycles. The van der Waals surface area contributed by atoms with Crippen molar-refractivity contribution in [2.45, 2.75) is 38.9 Å². The smallest absolute Gasteiger partial charge is 0.250 e. The lowest BCUT2D eigenvalue weighted by Crippen LogP contribution is -2.43. The fourth-order valence-electron chi connectivity index (χ4n) is 2.66. The molecule has 0 atom stereocenters. The predicted molar refractivity (Wildman–Crippen MR) is 113 cm³/mol. The highest BCUT2D eigenvalue weighted by Crippen LogP contribution is 2.38. The second-order valence-electron chi connectivity index (χ2n) is 8.46. The quantitative estimate of drug-likeness (QED) is 0.706. The average molecular weight is 371 g/mol. The zero-order valence-electron chi connectivity index (χ0n) is 16.7. The fraction of sp³-hybridized carbons (Fsp3) is 0.429. The van der Waals surface area contributed by atoms with Crippen LogP contribution in [0.3, 0.4) is 0 Å². The lowest BCUT2D eigenvalue weighted by atomic mass is 10.2. The van der Waals surface area contributed by atoms with Crippen LogP contribution < -0.4 is 19.4 Å². The van der Waals surface area contributed by atoms with Crippen molar-refractivity contribution in [2.24, 2.45) is 0 Å². The molecule has 0 spiro atoms. The number of ether oxygens (including phenoxy) is 1. The third-order valence-electron chi connectivity index (χ3n) is 5.38. The minimum absolute atomic E-state index is 0.195. The number of hydrogen-bond donors (Lipinski definition) is 1. The molecule has 4 nitrogen and oxygen atoms in total. The molecule has 2 aromatic carbocycles. The van der Waals surface area contributed by atoms with Crippen LogP contribution in [0.25, 0.3) is 0 Å². The van der Waals surface area contributed by atoms with Gasteiger partial charge < -0.3 is 19.4 Å². The molecule has 0 aliphatic carbocycles. The van der Waals surface area contributed by atoms with E-state index >= 15 is 0 Å². The van der Waals surface area contributed by atoms with Crippen LogP contribution in [-0.4, -0.2) is 28.5 Å². The van der Waals surface area contributed by atoms with Crippen LogP contribution in [0.4, 0.5) is 17.1 Å². The normalized spacial score (nSPS) is 14.5. The Bertz CT molecular complexity index is 767. The number of hydrogen-bond acceptors (Lipinski definition) is 4. The summed E-state index contributed by atoms with van der Waals surface area (Å²) < 4.78 is 12.1. The van der Waals surface area contributed by atoms with E-state index in [0.717, 1.165) is 41.7 Å². The first kappa shape index (κ1) is 18.6. The van der Waals surface area contributed by atoms with Gasteiger partial charge in [-0.1, -0.05) is 20.8 Å². The molecule has 1 heterocycles. The molecular weight excluding hydrogens is 340 g/mol. The van der Waals surface area contributed by atoms with Crippen molar-refractivity contribution >= 4 is 25.4 Å². The van der Waals surface area contributed by atoms with Crippen molar-refractivity contribution in [3.8, 4) is 11.5 Å². The molecule has 0 saturated carbocycles. The van der Waals surface area contributed by atoms with Gasteiger partial charge in [-0.25, -0.2) is 0 Å². The molecule has 26 heavy (non-hydrogen) atoms. The first-order chi connectivity index (χ1) is 12.2. The minimum atomic E-state index is -1.80. The Labute approximate surface area is 158 Å². The van der Waals surface area contributed by atoms with Crippen molar-refractivity contribution in [1.82, 2.24) is 0 Å². The maximum Gasteiger partial charge on any atom is 0.250 e. The van der Waals surface area contributed by atoms with Crippen LogP contribution in [0.15, 0.2) is 42.5 Å². The number of anilines is 3. The number of nitrogens with zero attached hydrogens (tertiary/aromatic N) is 1. The van der Waals surface area contributed by atoms with Crippen LogP contribution in [-0.2, 0) is 0 Å². The Hall–Kier alpha value is -2.14. The monoisotopic (exact) mass is 370 g/mol. The van der Waals surface area contributed by atoms with Crippen molar-refractivity contribution in [1.29, 1.82) is 0 Å². The van der Waals surface area contributed by atoms with Gasteiger partial charge in [0.1, 0.15) is 18.1 Å². The van der Waals surface area contributed by atoms with E-state index in [1.54, 1.807) is 0 Å². The van der Waals surface area contributed by atoms with E-state index in [2.05, 4.69) is 81.5 Å². The largest absolute Gasteiger partial charge is 0.544 e. The van der Waals surface area contributed by atoms with Crippen molar-refractivity contribution < 1.29 is 9.16 Å². The topological polar surface area (TPSA) is 33.7 Å². The second kappa shape index (κ2) is 6.87. The number of benzene rings is 2. The van der Waals surface area contributed by atoms with Gasteiger partial charge in [0.25, 0.3) is 0 Å². The molecule has 0 aromatic heterocycles. The Kier molecular flexibility index (Phi) is 4.93. The minimum Gasteiger partial charge on any atom is -0.544 e. The molecular formula is C21H30N2O2Si. The number of nitrogens with one attached hydrogen (secondary N) is 1. The molecule has 5 heteroatoms. The highest BCUT2D eigenvalue weighted by atomic mass is 28.4. The van der Waals surface area contributed by atoms with Crippen LogP contribution in [0, 0.1) is 0 Å². The molecule has 1 aliphatic heterocycles. The molecule has 0 unspecified atom stereocenters. The summed E-state index contributed by atoms with van der Waals surface area (Å²) in [6, 6.07) is 14.5. The van der Waals surface area contributed by atoms with E-state index in [1.807, 2.05) is 12.1 Å². The van der Waals surface area contributed by atoms with Gasteiger partial charge in [-0.3, -0.25) is 0 Å². The number of fused-ring (bicyclic) bond motifs is 1. The number of likely N-dealkylation sites (N-methyl/N-ethyl adjacent to an activating group) is 1. The molecule has 0 fully saturated rings. The van der Waals surface area contributed by atoms with Crippen LogP contribution in [0.2, 0.25) is 18.1 Å². The highest BCUT2D eigenvalue weighted by Gasteiger charge is 2.38. The van der Waals surface area contributed by atoms with Crippen molar-refractivity contribution in [3.63, 3.8) is 0 Å². The van der Waals surface area contributed by atoms with Gasteiger partial charge in [-0.2, -0.15) is 0 Å². The lowest BCUT2D eigenvalue weighted by molar-refractivity contribution is 0.311. The molecule has 1 aliphatic rings. The summed E-state index contributed by atoms with van der Waals surface area (Å²) in [6.45, 7) is 13.0. The van der Waals surface area contributed by atoms with Crippen LogP contribution in [0.1, 0.15) is 20.8 Å². The number of rotatable bonds is 4.